The molecule has 0 aliphatic rings. The molecule has 3 rings (SSSR count). The second-order valence-electron chi connectivity index (χ2n) is 5.50. The predicted octanol–water partition coefficient (Wildman–Crippen LogP) is 2.97. The molecule has 144 valence electrons. The number of amides is 1. The van der Waals surface area contributed by atoms with Crippen LogP contribution in [0.15, 0.2) is 54.6 Å². The van der Waals surface area contributed by atoms with Crippen molar-refractivity contribution in [1.29, 1.82) is 0 Å². The van der Waals surface area contributed by atoms with Gasteiger partial charge in [0.15, 0.2) is 0 Å². The number of aromatic nitrogens is 2. The molecule has 0 radical (unpaired) electrons. The van der Waals surface area contributed by atoms with E-state index in [0.717, 1.165) is 0 Å². The monoisotopic (exact) mass is 401 g/mol. The zero-order valence-corrected chi connectivity index (χ0v) is 15.1. The molecular formula is C17H16ClN7O3. The Morgan fingerprint density at radius 1 is 0.964 bits per heavy atom. The van der Waals surface area contributed by atoms with Crippen LogP contribution in [0.4, 0.5) is 34.6 Å². The number of nitro groups is 1. The summed E-state index contributed by atoms with van der Waals surface area (Å²) in [6.45, 7) is 0. The van der Waals surface area contributed by atoms with Gasteiger partial charge in [-0.05, 0) is 36.4 Å². The highest BCUT2D eigenvalue weighted by atomic mass is 35.5. The van der Waals surface area contributed by atoms with Crippen molar-refractivity contribution in [3.8, 4) is 0 Å². The largest absolute Gasteiger partial charge is 0.383 e. The maximum atomic E-state index is 12.3. The van der Waals surface area contributed by atoms with Crippen LogP contribution in [0.2, 0.25) is 0 Å². The van der Waals surface area contributed by atoms with Crippen molar-refractivity contribution in [2.45, 2.75) is 0 Å². The highest BCUT2D eigenvalue weighted by Crippen LogP contribution is 2.19. The van der Waals surface area contributed by atoms with E-state index in [1.54, 1.807) is 24.3 Å². The minimum absolute atomic E-state index is 0. The van der Waals surface area contributed by atoms with Gasteiger partial charge in [0.2, 0.25) is 5.95 Å². The summed E-state index contributed by atoms with van der Waals surface area (Å²) in [6.07, 6.45) is 0. The molecule has 1 heterocycles. The van der Waals surface area contributed by atoms with Crippen LogP contribution in [0.1, 0.15) is 10.4 Å². The first-order valence-corrected chi connectivity index (χ1v) is 7.73. The standard InChI is InChI=1S/C17H15N7O3.ClH/c18-14-9-15(23-17(19)22-14)20-11-3-1-10(2-4-11)16(25)21-12-5-7-13(8-6-12)24(26)27;/h1-9H,(H,21,25)(H5,18,19,20,22,23);1H. The minimum atomic E-state index is -0.504. The number of anilines is 5. The molecule has 1 amide bonds. The Kier molecular flexibility index (Phi) is 6.30. The molecule has 0 fully saturated rings. The molecule has 0 atom stereocenters. The molecule has 6 N–H and O–H groups in total. The van der Waals surface area contributed by atoms with Crippen molar-refractivity contribution in [3.63, 3.8) is 0 Å². The molecule has 2 aromatic carbocycles. The molecule has 1 aromatic heterocycles. The van der Waals surface area contributed by atoms with Gasteiger partial charge in [-0.15, -0.1) is 12.4 Å². The Balaban J connectivity index is 0.00000280. The number of nitrogens with one attached hydrogen (secondary N) is 2. The summed E-state index contributed by atoms with van der Waals surface area (Å²) in [4.78, 5) is 30.2. The Bertz CT molecular complexity index is 974. The molecule has 3 aromatic rings. The summed E-state index contributed by atoms with van der Waals surface area (Å²) in [5.74, 6) is 0.384. The van der Waals surface area contributed by atoms with E-state index in [1.165, 1.54) is 30.3 Å². The second-order valence-corrected chi connectivity index (χ2v) is 5.50. The average molecular weight is 402 g/mol. The lowest BCUT2D eigenvalue weighted by molar-refractivity contribution is -0.384. The molecular weight excluding hydrogens is 386 g/mol. The lowest BCUT2D eigenvalue weighted by Gasteiger charge is -2.08. The van der Waals surface area contributed by atoms with Gasteiger partial charge < -0.3 is 22.1 Å². The van der Waals surface area contributed by atoms with Crippen molar-refractivity contribution in [3.05, 3.63) is 70.3 Å². The number of hydrogen-bond donors (Lipinski definition) is 4. The molecule has 0 saturated heterocycles. The van der Waals surface area contributed by atoms with Crippen LogP contribution in [0.5, 0.6) is 0 Å². The van der Waals surface area contributed by atoms with Crippen LogP contribution >= 0.6 is 12.4 Å². The Morgan fingerprint density at radius 2 is 1.57 bits per heavy atom. The average Bonchev–Trinajstić information content (AvgIpc) is 2.62. The van der Waals surface area contributed by atoms with Crippen LogP contribution in [0.25, 0.3) is 0 Å². The first kappa shape index (κ1) is 20.4. The van der Waals surface area contributed by atoms with Gasteiger partial charge in [0.1, 0.15) is 11.6 Å². The summed E-state index contributed by atoms with van der Waals surface area (Å²) >= 11 is 0. The van der Waals surface area contributed by atoms with Crippen LogP contribution in [-0.2, 0) is 0 Å². The fourth-order valence-electron chi connectivity index (χ4n) is 2.27. The summed E-state index contributed by atoms with van der Waals surface area (Å²) in [7, 11) is 0. The number of nitrogens with zero attached hydrogens (tertiary/aromatic N) is 3. The molecule has 0 unspecified atom stereocenters. The fourth-order valence-corrected chi connectivity index (χ4v) is 2.27. The second kappa shape index (κ2) is 8.64. The lowest BCUT2D eigenvalue weighted by Crippen LogP contribution is -2.11. The maximum absolute atomic E-state index is 12.3. The van der Waals surface area contributed by atoms with Crippen LogP contribution < -0.4 is 22.1 Å². The molecule has 0 bridgehead atoms. The number of carbonyl (C=O) groups excluding carboxylic acids is 1. The molecule has 0 aliphatic carbocycles. The van der Waals surface area contributed by atoms with Crippen molar-refractivity contribution in [1.82, 2.24) is 9.97 Å². The van der Waals surface area contributed by atoms with Gasteiger partial charge in [-0.3, -0.25) is 14.9 Å². The smallest absolute Gasteiger partial charge is 0.269 e. The van der Waals surface area contributed by atoms with E-state index in [1.807, 2.05) is 0 Å². The van der Waals surface area contributed by atoms with E-state index in [9.17, 15) is 14.9 Å². The van der Waals surface area contributed by atoms with E-state index in [2.05, 4.69) is 20.6 Å². The maximum Gasteiger partial charge on any atom is 0.269 e. The summed E-state index contributed by atoms with van der Waals surface area (Å²) in [6, 6.07) is 13.7. The van der Waals surface area contributed by atoms with E-state index in [4.69, 9.17) is 11.5 Å². The number of nitrogen functional groups attached to an aromatic ring is 2. The zero-order chi connectivity index (χ0) is 19.4. The number of carbonyl (C=O) groups is 1. The number of hydrogen-bond acceptors (Lipinski definition) is 8. The number of rotatable bonds is 5. The molecule has 0 spiro atoms. The number of benzene rings is 2. The summed E-state index contributed by atoms with van der Waals surface area (Å²) in [5, 5.41) is 16.3. The highest BCUT2D eigenvalue weighted by molar-refractivity contribution is 6.04. The first-order chi connectivity index (χ1) is 12.9. The summed E-state index contributed by atoms with van der Waals surface area (Å²) in [5.41, 5.74) is 12.7. The molecule has 28 heavy (non-hydrogen) atoms. The fraction of sp³-hybridized carbons (Fsp3) is 0. The van der Waals surface area contributed by atoms with Crippen molar-refractivity contribution in [2.75, 3.05) is 22.1 Å². The van der Waals surface area contributed by atoms with Crippen LogP contribution in [0.3, 0.4) is 0 Å². The highest BCUT2D eigenvalue weighted by Gasteiger charge is 2.09. The third kappa shape index (κ3) is 5.05. The van der Waals surface area contributed by atoms with Gasteiger partial charge in [-0.25, -0.2) is 0 Å². The van der Waals surface area contributed by atoms with Gasteiger partial charge in [0.25, 0.3) is 11.6 Å². The number of nitro benzene ring substituents is 1. The van der Waals surface area contributed by atoms with Crippen molar-refractivity contribution < 1.29 is 9.72 Å². The number of non-ortho nitro benzene ring substituents is 1. The van der Waals surface area contributed by atoms with E-state index in [-0.39, 0.29) is 35.8 Å². The quantitative estimate of drug-likeness (QED) is 0.374. The van der Waals surface area contributed by atoms with E-state index < -0.39 is 4.92 Å². The molecule has 0 saturated carbocycles. The Labute approximate surface area is 165 Å². The number of nitrogens with two attached hydrogens (primary N) is 2. The topological polar surface area (TPSA) is 162 Å². The number of halogens is 1. The first-order valence-electron chi connectivity index (χ1n) is 7.73. The third-order valence-corrected chi connectivity index (χ3v) is 3.52. The zero-order valence-electron chi connectivity index (χ0n) is 14.3. The predicted molar refractivity (Wildman–Crippen MR) is 109 cm³/mol. The van der Waals surface area contributed by atoms with Gasteiger partial charge in [0, 0.05) is 35.1 Å². The minimum Gasteiger partial charge on any atom is -0.383 e. The molecule has 10 nitrogen and oxygen atoms in total. The normalized spacial score (nSPS) is 9.86. The molecule has 11 heteroatoms. The van der Waals surface area contributed by atoms with Crippen LogP contribution in [0, 0.1) is 10.1 Å². The SMILES string of the molecule is Cl.Nc1cc(Nc2ccc(C(=O)Nc3ccc([N+](=O)[O-])cc3)cc2)nc(N)n1. The van der Waals surface area contributed by atoms with Crippen molar-refractivity contribution in [2.24, 2.45) is 0 Å². The third-order valence-electron chi connectivity index (χ3n) is 3.52. The molecule has 0 aliphatic heterocycles. The Hall–Kier alpha value is -3.92. The van der Waals surface area contributed by atoms with Gasteiger partial charge in [-0.1, -0.05) is 0 Å². The van der Waals surface area contributed by atoms with Crippen LogP contribution in [-0.4, -0.2) is 20.8 Å². The van der Waals surface area contributed by atoms with E-state index in [0.29, 0.717) is 22.8 Å². The summed E-state index contributed by atoms with van der Waals surface area (Å²) < 4.78 is 0. The van der Waals surface area contributed by atoms with Gasteiger partial charge in [0.05, 0.1) is 4.92 Å². The lowest BCUT2D eigenvalue weighted by atomic mass is 10.2. The van der Waals surface area contributed by atoms with Gasteiger partial charge in [-0.2, -0.15) is 9.97 Å². The Morgan fingerprint density at radius 3 is 2.14 bits per heavy atom. The van der Waals surface area contributed by atoms with Gasteiger partial charge >= 0.3 is 0 Å². The van der Waals surface area contributed by atoms with Crippen molar-refractivity contribution >= 4 is 53.0 Å². The van der Waals surface area contributed by atoms with E-state index >= 15 is 0 Å².